The van der Waals surface area contributed by atoms with Crippen molar-refractivity contribution in [2.45, 2.75) is 169 Å². The van der Waals surface area contributed by atoms with Crippen LogP contribution in [0.15, 0.2) is 60.7 Å². The van der Waals surface area contributed by atoms with Gasteiger partial charge in [0.25, 0.3) is 0 Å². The Hall–Kier alpha value is -10.3. The van der Waals surface area contributed by atoms with Crippen LogP contribution in [0.2, 0.25) is 0 Å². The summed E-state index contributed by atoms with van der Waals surface area (Å²) in [6.45, 7) is 16.4. The first-order chi connectivity index (χ1) is 47.0. The second-order valence-corrected chi connectivity index (χ2v) is 26.9. The van der Waals surface area contributed by atoms with Gasteiger partial charge in [0.1, 0.15) is 50.8 Å². The fraction of sp³-hybridized carbons (Fsp3) is 0.500. The normalized spacial score (nSPS) is 20.7. The predicted octanol–water partition coefficient (Wildman–Crippen LogP) is 10.7. The number of esters is 8. The summed E-state index contributed by atoms with van der Waals surface area (Å²) < 4.78 is 43.2. The zero-order chi connectivity index (χ0) is 73.8. The maximum absolute atomic E-state index is 14.0. The van der Waals surface area contributed by atoms with E-state index in [4.69, 9.17) is 37.9 Å². The van der Waals surface area contributed by atoms with Gasteiger partial charge in [0, 0.05) is 11.1 Å². The largest absolute Gasteiger partial charge is 0.478 e. The standard InChI is InChI=1S/C72H82O28/c1-35(2)63(85)93-25-27-95-65(87)51-32-53(47(59(77)78)29-45(51)57(73)74)67(89)97-41-17-9-37(10-18-41)71(5,6)39-13-21-43(22-14-39)99-69(91)55-34-56(50(62(83)84)31-49(55)61(81)82)70(92)100-44-23-15-40(16-24-44)72(7,8)38-11-19-42(20-12-38)98-68(90)54-33-52(46(58(75)76)30-48(54)60(79)80)66(88)96-28-26-94-64(86)36(3)4/h29-34,37-44H,1,3,9-28H2,2,4-8H3,(H,73,74)(H,75,76)(H,77,78)(H,79,80)(H,81,82)(H,83,84). The molecule has 100 heavy (non-hydrogen) atoms. The van der Waals surface area contributed by atoms with E-state index < -0.39 is 201 Å². The van der Waals surface area contributed by atoms with Gasteiger partial charge in [-0.2, -0.15) is 0 Å². The summed E-state index contributed by atoms with van der Waals surface area (Å²) in [7, 11) is 0. The highest BCUT2D eigenvalue weighted by Gasteiger charge is 2.45. The molecule has 0 saturated heterocycles. The van der Waals surface area contributed by atoms with Crippen molar-refractivity contribution in [3.8, 4) is 0 Å². The number of rotatable bonds is 28. The van der Waals surface area contributed by atoms with Gasteiger partial charge >= 0.3 is 83.6 Å². The summed E-state index contributed by atoms with van der Waals surface area (Å²) in [5.41, 5.74) is -8.27. The predicted molar refractivity (Wildman–Crippen MR) is 345 cm³/mol. The van der Waals surface area contributed by atoms with E-state index in [1.165, 1.54) is 13.8 Å². The minimum Gasteiger partial charge on any atom is -0.478 e. The number of benzene rings is 3. The van der Waals surface area contributed by atoms with Crippen LogP contribution < -0.4 is 0 Å². The molecule has 0 aromatic heterocycles. The minimum absolute atomic E-state index is 0.0837. The van der Waals surface area contributed by atoms with Crippen molar-refractivity contribution in [3.05, 3.63) is 127 Å². The SMILES string of the molecule is C=C(C)C(=O)OCCOC(=O)c1cc(C(=O)OC2CCC(C(C)(C)C3CCC(OC(=O)c4cc(C(=O)OC5CCC(C(C)(C)C6CCC(OC(=O)c7cc(C(=O)OCCOC(=O)C(=C)C)c(C(=O)O)cc7C(=O)O)CC6)CC5)c(C(=O)O)cc4C(=O)O)CC3)CC2)c(C(=O)O)cc1C(=O)O. The fourth-order valence-electron chi connectivity index (χ4n) is 14.0. The lowest BCUT2D eigenvalue weighted by molar-refractivity contribution is -0.140. The van der Waals surface area contributed by atoms with Crippen LogP contribution in [-0.4, -0.2) is 165 Å². The van der Waals surface area contributed by atoms with Gasteiger partial charge in [-0.1, -0.05) is 40.9 Å². The maximum Gasteiger partial charge on any atom is 0.339 e. The van der Waals surface area contributed by atoms with Crippen LogP contribution in [0, 0.1) is 34.5 Å². The van der Waals surface area contributed by atoms with E-state index in [2.05, 4.69) is 40.9 Å². The highest BCUT2D eigenvalue weighted by atomic mass is 16.6. The maximum atomic E-state index is 14.0. The summed E-state index contributed by atoms with van der Waals surface area (Å²) >= 11 is 0. The second-order valence-electron chi connectivity index (χ2n) is 26.9. The van der Waals surface area contributed by atoms with Crippen LogP contribution in [0.25, 0.3) is 0 Å². The van der Waals surface area contributed by atoms with Crippen molar-refractivity contribution < 1.29 is 136 Å². The third kappa shape index (κ3) is 18.7. The molecule has 0 radical (unpaired) electrons. The van der Waals surface area contributed by atoms with E-state index >= 15 is 0 Å². The van der Waals surface area contributed by atoms with Gasteiger partial charge in [-0.25, -0.2) is 67.1 Å². The molecule has 0 atom stereocenters. The lowest BCUT2D eigenvalue weighted by Crippen LogP contribution is -2.39. The molecule has 538 valence electrons. The molecule has 4 saturated carbocycles. The number of ether oxygens (including phenoxy) is 8. The molecule has 0 spiro atoms. The quantitative estimate of drug-likeness (QED) is 0.0170. The van der Waals surface area contributed by atoms with Crippen molar-refractivity contribution >= 4 is 83.6 Å². The first-order valence-corrected chi connectivity index (χ1v) is 32.8. The number of carbonyl (C=O) groups excluding carboxylic acids is 8. The average Bonchev–Trinajstić information content (AvgIpc) is 0.819. The van der Waals surface area contributed by atoms with E-state index in [1.807, 2.05) is 0 Å². The second kappa shape index (κ2) is 33.1. The molecule has 0 aliphatic heterocycles. The first kappa shape index (κ1) is 77.1. The topological polar surface area (TPSA) is 434 Å². The molecule has 28 nitrogen and oxygen atoms in total. The van der Waals surface area contributed by atoms with Crippen LogP contribution in [0.3, 0.4) is 0 Å². The summed E-state index contributed by atoms with van der Waals surface area (Å²) in [6, 6.07) is 4.54. The molecule has 4 aliphatic carbocycles. The Balaban J connectivity index is 0.902. The molecule has 28 heteroatoms. The number of carboxylic acids is 6. The highest BCUT2D eigenvalue weighted by Crippen LogP contribution is 2.51. The zero-order valence-electron chi connectivity index (χ0n) is 56.3. The number of hydrogen-bond acceptors (Lipinski definition) is 22. The molecule has 6 N–H and O–H groups in total. The lowest BCUT2D eigenvalue weighted by atomic mass is 9.60. The van der Waals surface area contributed by atoms with Crippen molar-refractivity contribution in [2.24, 2.45) is 34.5 Å². The van der Waals surface area contributed by atoms with E-state index in [0.29, 0.717) is 115 Å². The Labute approximate surface area is 574 Å². The average molecular weight is 1400 g/mol. The van der Waals surface area contributed by atoms with E-state index in [-0.39, 0.29) is 45.6 Å². The van der Waals surface area contributed by atoms with E-state index in [9.17, 15) is 97.8 Å². The Kier molecular flexibility index (Phi) is 25.5. The molecule has 4 aliphatic rings. The lowest BCUT2D eigenvalue weighted by Gasteiger charge is -2.46. The fourth-order valence-corrected chi connectivity index (χ4v) is 14.0. The molecule has 3 aromatic carbocycles. The van der Waals surface area contributed by atoms with E-state index in [0.717, 1.165) is 24.3 Å². The van der Waals surface area contributed by atoms with Crippen molar-refractivity contribution in [1.29, 1.82) is 0 Å². The van der Waals surface area contributed by atoms with Crippen molar-refractivity contribution in [1.82, 2.24) is 0 Å². The smallest absolute Gasteiger partial charge is 0.339 e. The molecular weight excluding hydrogens is 1310 g/mol. The molecule has 4 fully saturated rings. The summed E-state index contributed by atoms with van der Waals surface area (Å²) in [5.74, 6) is -17.8. The van der Waals surface area contributed by atoms with Gasteiger partial charge in [0.2, 0.25) is 0 Å². The number of carbonyl (C=O) groups is 14. The van der Waals surface area contributed by atoms with Gasteiger partial charge in [-0.3, -0.25) is 0 Å². The summed E-state index contributed by atoms with van der Waals surface area (Å²) in [5, 5.41) is 60.0. The first-order valence-electron chi connectivity index (χ1n) is 32.8. The number of carboxylic acid groups (broad SMARTS) is 6. The zero-order valence-corrected chi connectivity index (χ0v) is 56.3. The number of hydrogen-bond donors (Lipinski definition) is 6. The summed E-state index contributed by atoms with van der Waals surface area (Å²) in [6.07, 6.45) is 5.12. The Morgan fingerprint density at radius 2 is 0.470 bits per heavy atom. The Bertz CT molecular complexity index is 3540. The number of aromatic carboxylic acids is 6. The molecule has 0 amide bonds. The molecule has 0 bridgehead atoms. The van der Waals surface area contributed by atoms with Crippen LogP contribution >= 0.6 is 0 Å². The molecule has 7 rings (SSSR count). The molecular formula is C72H82O28. The Morgan fingerprint density at radius 3 is 0.650 bits per heavy atom. The van der Waals surface area contributed by atoms with Gasteiger partial charge in [-0.15, -0.1) is 0 Å². The van der Waals surface area contributed by atoms with E-state index in [1.54, 1.807) is 0 Å². The highest BCUT2D eigenvalue weighted by molar-refractivity contribution is 6.12. The summed E-state index contributed by atoms with van der Waals surface area (Å²) in [4.78, 5) is 179. The van der Waals surface area contributed by atoms with Crippen molar-refractivity contribution in [2.75, 3.05) is 26.4 Å². The molecule has 3 aromatic rings. The van der Waals surface area contributed by atoms with Gasteiger partial charge in [-0.05, 0) is 187 Å². The Morgan fingerprint density at radius 1 is 0.300 bits per heavy atom. The third-order valence-corrected chi connectivity index (χ3v) is 20.0. The minimum atomic E-state index is -1.67. The van der Waals surface area contributed by atoms with Crippen LogP contribution in [0.5, 0.6) is 0 Å². The molecule has 0 heterocycles. The monoisotopic (exact) mass is 1390 g/mol. The van der Waals surface area contributed by atoms with Crippen molar-refractivity contribution in [3.63, 3.8) is 0 Å². The van der Waals surface area contributed by atoms with Gasteiger partial charge in [0.15, 0.2) is 0 Å². The van der Waals surface area contributed by atoms with Crippen LogP contribution in [0.1, 0.15) is 269 Å². The van der Waals surface area contributed by atoms with Gasteiger partial charge < -0.3 is 68.5 Å². The van der Waals surface area contributed by atoms with Crippen LogP contribution in [-0.2, 0) is 47.5 Å². The van der Waals surface area contributed by atoms with Crippen LogP contribution in [0.4, 0.5) is 0 Å². The third-order valence-electron chi connectivity index (χ3n) is 20.0. The van der Waals surface area contributed by atoms with Gasteiger partial charge in [0.05, 0.1) is 66.8 Å². The molecule has 0 unspecified atom stereocenters.